The molecule has 2 rings (SSSR count). The van der Waals surface area contributed by atoms with E-state index in [9.17, 15) is 0 Å². The Labute approximate surface area is 111 Å². The van der Waals surface area contributed by atoms with Crippen LogP contribution in [0.4, 0.5) is 0 Å². The number of hydrogen-bond acceptors (Lipinski definition) is 2. The molecule has 2 N–H and O–H groups in total. The molecular weight excluding hydrogens is 276 g/mol. The van der Waals surface area contributed by atoms with Crippen LogP contribution in [0.15, 0.2) is 40.9 Å². The van der Waals surface area contributed by atoms with Crippen LogP contribution < -0.4 is 5.73 Å². The van der Waals surface area contributed by atoms with Crippen molar-refractivity contribution in [3.05, 3.63) is 46.4 Å². The van der Waals surface area contributed by atoms with Gasteiger partial charge in [-0.1, -0.05) is 34.1 Å². The molecule has 90 valence electrons. The van der Waals surface area contributed by atoms with Crippen LogP contribution >= 0.6 is 15.9 Å². The van der Waals surface area contributed by atoms with Crippen molar-refractivity contribution in [2.24, 2.45) is 5.73 Å². The number of fused-ring (bicyclic) bond motifs is 1. The highest BCUT2D eigenvalue weighted by atomic mass is 79.9. The average molecular weight is 293 g/mol. The van der Waals surface area contributed by atoms with E-state index in [0.29, 0.717) is 6.54 Å². The normalized spacial score (nSPS) is 11.3. The van der Waals surface area contributed by atoms with Gasteiger partial charge in [-0.05, 0) is 41.6 Å². The molecule has 0 saturated heterocycles. The van der Waals surface area contributed by atoms with E-state index in [2.05, 4.69) is 64.3 Å². The zero-order valence-electron chi connectivity index (χ0n) is 9.99. The second kappa shape index (κ2) is 5.63. The number of nitrogens with zero attached hydrogens (tertiary/aromatic N) is 1. The Morgan fingerprint density at radius 1 is 1.12 bits per heavy atom. The van der Waals surface area contributed by atoms with Gasteiger partial charge in [0.25, 0.3) is 0 Å². The lowest BCUT2D eigenvalue weighted by molar-refractivity contribution is 0.336. The Morgan fingerprint density at radius 3 is 2.59 bits per heavy atom. The van der Waals surface area contributed by atoms with Crippen LogP contribution in [-0.2, 0) is 6.54 Å². The summed E-state index contributed by atoms with van der Waals surface area (Å²) in [4.78, 5) is 2.24. The zero-order chi connectivity index (χ0) is 12.3. The molecule has 0 aliphatic carbocycles. The Kier molecular flexibility index (Phi) is 4.15. The summed E-state index contributed by atoms with van der Waals surface area (Å²) in [5.74, 6) is 0. The summed E-state index contributed by atoms with van der Waals surface area (Å²) in [5, 5.41) is 2.55. The lowest BCUT2D eigenvalue weighted by Crippen LogP contribution is -2.24. The van der Waals surface area contributed by atoms with Crippen molar-refractivity contribution in [2.45, 2.75) is 6.54 Å². The maximum atomic E-state index is 5.54. The summed E-state index contributed by atoms with van der Waals surface area (Å²) in [6.45, 7) is 2.58. The maximum Gasteiger partial charge on any atom is 0.0231 e. The summed E-state index contributed by atoms with van der Waals surface area (Å²) in [6.07, 6.45) is 0. The fraction of sp³-hybridized carbons (Fsp3) is 0.286. The third-order valence-corrected chi connectivity index (χ3v) is 3.32. The Morgan fingerprint density at radius 2 is 1.82 bits per heavy atom. The van der Waals surface area contributed by atoms with Crippen molar-refractivity contribution in [3.8, 4) is 0 Å². The predicted molar refractivity (Wildman–Crippen MR) is 77.0 cm³/mol. The van der Waals surface area contributed by atoms with E-state index in [0.717, 1.165) is 17.6 Å². The minimum absolute atomic E-state index is 0.705. The zero-order valence-corrected chi connectivity index (χ0v) is 11.6. The fourth-order valence-electron chi connectivity index (χ4n) is 1.98. The predicted octanol–water partition coefficient (Wildman–Crippen LogP) is 2.99. The van der Waals surface area contributed by atoms with Gasteiger partial charge in [0.05, 0.1) is 0 Å². The SMILES string of the molecule is CN(CCN)Cc1ccc2cc(Br)ccc2c1. The van der Waals surface area contributed by atoms with Gasteiger partial charge in [-0.25, -0.2) is 0 Å². The van der Waals surface area contributed by atoms with Crippen molar-refractivity contribution >= 4 is 26.7 Å². The number of likely N-dealkylation sites (N-methyl/N-ethyl adjacent to an activating group) is 1. The number of benzene rings is 2. The molecule has 0 saturated carbocycles. The smallest absolute Gasteiger partial charge is 0.0231 e. The first-order valence-electron chi connectivity index (χ1n) is 5.76. The van der Waals surface area contributed by atoms with Crippen LogP contribution in [0.25, 0.3) is 10.8 Å². The molecule has 2 aromatic carbocycles. The lowest BCUT2D eigenvalue weighted by atomic mass is 10.1. The third-order valence-electron chi connectivity index (χ3n) is 2.83. The van der Waals surface area contributed by atoms with Crippen LogP contribution in [0.3, 0.4) is 0 Å². The molecule has 0 aliphatic heterocycles. The molecule has 2 aromatic rings. The summed E-state index contributed by atoms with van der Waals surface area (Å²) < 4.78 is 1.12. The van der Waals surface area contributed by atoms with E-state index in [1.54, 1.807) is 0 Å². The first kappa shape index (κ1) is 12.6. The van der Waals surface area contributed by atoms with E-state index >= 15 is 0 Å². The highest BCUT2D eigenvalue weighted by Gasteiger charge is 2.01. The third kappa shape index (κ3) is 3.28. The van der Waals surface area contributed by atoms with Gasteiger partial charge < -0.3 is 10.6 Å². The molecule has 0 atom stereocenters. The van der Waals surface area contributed by atoms with E-state index < -0.39 is 0 Å². The van der Waals surface area contributed by atoms with Gasteiger partial charge in [0.1, 0.15) is 0 Å². The molecule has 0 fully saturated rings. The topological polar surface area (TPSA) is 29.3 Å². The van der Waals surface area contributed by atoms with Gasteiger partial charge in [-0.2, -0.15) is 0 Å². The molecule has 0 amide bonds. The molecule has 0 radical (unpaired) electrons. The average Bonchev–Trinajstić information content (AvgIpc) is 2.29. The van der Waals surface area contributed by atoms with Crippen LogP contribution in [0.5, 0.6) is 0 Å². The van der Waals surface area contributed by atoms with Crippen LogP contribution in [-0.4, -0.2) is 25.0 Å². The highest BCUT2D eigenvalue weighted by molar-refractivity contribution is 9.10. The van der Waals surface area contributed by atoms with Gasteiger partial charge in [-0.3, -0.25) is 0 Å². The van der Waals surface area contributed by atoms with Gasteiger partial charge in [0, 0.05) is 24.1 Å². The number of rotatable bonds is 4. The Hall–Kier alpha value is -0.900. The Balaban J connectivity index is 2.23. The molecule has 0 spiro atoms. The molecule has 2 nitrogen and oxygen atoms in total. The molecule has 0 bridgehead atoms. The summed E-state index contributed by atoms with van der Waals surface area (Å²) in [7, 11) is 2.10. The Bertz CT molecular complexity index is 511. The highest BCUT2D eigenvalue weighted by Crippen LogP contribution is 2.21. The van der Waals surface area contributed by atoms with Gasteiger partial charge >= 0.3 is 0 Å². The van der Waals surface area contributed by atoms with E-state index in [4.69, 9.17) is 5.73 Å². The number of hydrogen-bond donors (Lipinski definition) is 1. The van der Waals surface area contributed by atoms with Crippen LogP contribution in [0, 0.1) is 0 Å². The molecule has 17 heavy (non-hydrogen) atoms. The van der Waals surface area contributed by atoms with Gasteiger partial charge in [-0.15, -0.1) is 0 Å². The molecule has 0 unspecified atom stereocenters. The van der Waals surface area contributed by atoms with Crippen LogP contribution in [0.1, 0.15) is 5.56 Å². The van der Waals surface area contributed by atoms with Crippen molar-refractivity contribution in [1.29, 1.82) is 0 Å². The van der Waals surface area contributed by atoms with Crippen LogP contribution in [0.2, 0.25) is 0 Å². The maximum absolute atomic E-state index is 5.54. The molecule has 0 heterocycles. The van der Waals surface area contributed by atoms with E-state index in [1.807, 2.05) is 0 Å². The largest absolute Gasteiger partial charge is 0.329 e. The summed E-state index contributed by atoms with van der Waals surface area (Å²) in [6, 6.07) is 13.0. The minimum Gasteiger partial charge on any atom is -0.329 e. The fourth-order valence-corrected chi connectivity index (χ4v) is 2.35. The van der Waals surface area contributed by atoms with Crippen molar-refractivity contribution in [2.75, 3.05) is 20.1 Å². The van der Waals surface area contributed by atoms with E-state index in [-0.39, 0.29) is 0 Å². The first-order chi connectivity index (χ1) is 8.19. The molecule has 0 aliphatic rings. The van der Waals surface area contributed by atoms with Gasteiger partial charge in [0.2, 0.25) is 0 Å². The first-order valence-corrected chi connectivity index (χ1v) is 6.55. The van der Waals surface area contributed by atoms with E-state index in [1.165, 1.54) is 16.3 Å². The van der Waals surface area contributed by atoms with Crippen molar-refractivity contribution in [1.82, 2.24) is 4.90 Å². The summed E-state index contributed by atoms with van der Waals surface area (Å²) >= 11 is 3.49. The second-order valence-corrected chi connectivity index (χ2v) is 5.27. The summed E-state index contributed by atoms with van der Waals surface area (Å²) in [5.41, 5.74) is 6.87. The minimum atomic E-state index is 0.705. The molecule has 0 aromatic heterocycles. The van der Waals surface area contributed by atoms with Crippen molar-refractivity contribution < 1.29 is 0 Å². The molecule has 3 heteroatoms. The van der Waals surface area contributed by atoms with Gasteiger partial charge in [0.15, 0.2) is 0 Å². The monoisotopic (exact) mass is 292 g/mol. The molecular formula is C14H17BrN2. The van der Waals surface area contributed by atoms with Crippen molar-refractivity contribution in [3.63, 3.8) is 0 Å². The number of nitrogens with two attached hydrogens (primary N) is 1. The number of halogens is 1. The second-order valence-electron chi connectivity index (χ2n) is 4.35. The quantitative estimate of drug-likeness (QED) is 0.939. The lowest BCUT2D eigenvalue weighted by Gasteiger charge is -2.15. The standard InChI is InChI=1S/C14H17BrN2/c1-17(7-6-16)10-11-2-3-13-9-14(15)5-4-12(13)8-11/h2-5,8-9H,6-7,10,16H2,1H3.